The minimum atomic E-state index is -0.582. The highest BCUT2D eigenvalue weighted by atomic mass is 32.2. The van der Waals surface area contributed by atoms with Crippen LogP contribution in [0.2, 0.25) is 0 Å². The Morgan fingerprint density at radius 3 is 2.67 bits per heavy atom. The van der Waals surface area contributed by atoms with Gasteiger partial charge in [0.25, 0.3) is 0 Å². The molecular weight excluding hydrogens is 364 g/mol. The fraction of sp³-hybridized carbons (Fsp3) is 0.474. The van der Waals surface area contributed by atoms with Gasteiger partial charge in [0.15, 0.2) is 5.16 Å². The van der Waals surface area contributed by atoms with Gasteiger partial charge in [0.05, 0.1) is 12.9 Å². The number of nitrogens with zero attached hydrogens (tertiary/aromatic N) is 4. The van der Waals surface area contributed by atoms with Gasteiger partial charge in [-0.25, -0.2) is 4.79 Å². The molecule has 1 aromatic heterocycles. The summed E-state index contributed by atoms with van der Waals surface area (Å²) in [6.07, 6.45) is 2.75. The van der Waals surface area contributed by atoms with Crippen molar-refractivity contribution in [3.05, 3.63) is 41.2 Å². The summed E-state index contributed by atoms with van der Waals surface area (Å²) < 4.78 is 7.06. The summed E-state index contributed by atoms with van der Waals surface area (Å²) >= 11 is 1.39. The lowest BCUT2D eigenvalue weighted by atomic mass is 9.94. The summed E-state index contributed by atoms with van der Waals surface area (Å²) in [5, 5.41) is 9.13. The molecule has 4 rings (SSSR count). The summed E-state index contributed by atoms with van der Waals surface area (Å²) in [5.41, 5.74) is 2.17. The maximum absolute atomic E-state index is 13.0. The van der Waals surface area contributed by atoms with Gasteiger partial charge in [-0.3, -0.25) is 4.79 Å². The summed E-state index contributed by atoms with van der Waals surface area (Å²) in [6, 6.07) is 7.79. The van der Waals surface area contributed by atoms with Gasteiger partial charge in [-0.2, -0.15) is 0 Å². The average Bonchev–Trinajstić information content (AvgIpc) is 3.46. The van der Waals surface area contributed by atoms with Gasteiger partial charge in [0.2, 0.25) is 5.91 Å². The lowest BCUT2D eigenvalue weighted by Gasteiger charge is -2.35. The van der Waals surface area contributed by atoms with Crippen molar-refractivity contribution in [3.63, 3.8) is 0 Å². The van der Waals surface area contributed by atoms with Crippen LogP contribution >= 0.6 is 11.8 Å². The van der Waals surface area contributed by atoms with Crippen LogP contribution in [0.1, 0.15) is 35.8 Å². The van der Waals surface area contributed by atoms with E-state index in [1.165, 1.54) is 18.9 Å². The predicted octanol–water partition coefficient (Wildman–Crippen LogP) is 2.14. The van der Waals surface area contributed by atoms with Crippen LogP contribution in [0.5, 0.6) is 0 Å². The molecule has 2 heterocycles. The SMILES string of the molecule is COC(=O)[C@@H]1Cc2ccccc2CN1C(=O)CSc1nnc(C)n1C1CC1. The van der Waals surface area contributed by atoms with Crippen LogP contribution in [0.25, 0.3) is 0 Å². The van der Waals surface area contributed by atoms with Crippen LogP contribution in [0.4, 0.5) is 0 Å². The molecule has 27 heavy (non-hydrogen) atoms. The number of benzene rings is 1. The van der Waals surface area contributed by atoms with E-state index in [1.807, 2.05) is 31.2 Å². The molecule has 142 valence electrons. The Hall–Kier alpha value is -2.35. The Labute approximate surface area is 162 Å². The molecule has 0 saturated heterocycles. The van der Waals surface area contributed by atoms with Crippen molar-refractivity contribution in [1.82, 2.24) is 19.7 Å². The number of ether oxygens (including phenoxy) is 1. The molecule has 7 nitrogen and oxygen atoms in total. The van der Waals surface area contributed by atoms with E-state index >= 15 is 0 Å². The quantitative estimate of drug-likeness (QED) is 0.579. The minimum Gasteiger partial charge on any atom is -0.467 e. The molecule has 1 aromatic carbocycles. The zero-order valence-electron chi connectivity index (χ0n) is 15.4. The predicted molar refractivity (Wildman–Crippen MR) is 100 cm³/mol. The highest BCUT2D eigenvalue weighted by molar-refractivity contribution is 7.99. The minimum absolute atomic E-state index is 0.0899. The second-order valence-electron chi connectivity index (χ2n) is 6.95. The van der Waals surface area contributed by atoms with E-state index in [-0.39, 0.29) is 17.6 Å². The smallest absolute Gasteiger partial charge is 0.328 e. The molecule has 1 saturated carbocycles. The van der Waals surface area contributed by atoms with E-state index in [1.54, 1.807) is 4.90 Å². The zero-order valence-corrected chi connectivity index (χ0v) is 16.2. The molecule has 0 bridgehead atoms. The molecule has 0 spiro atoms. The highest BCUT2D eigenvalue weighted by Crippen LogP contribution is 2.38. The molecule has 2 aliphatic rings. The Morgan fingerprint density at radius 2 is 1.96 bits per heavy atom. The van der Waals surface area contributed by atoms with Crippen LogP contribution in [0.3, 0.4) is 0 Å². The van der Waals surface area contributed by atoms with Crippen LogP contribution in [-0.4, -0.2) is 50.4 Å². The third kappa shape index (κ3) is 3.58. The van der Waals surface area contributed by atoms with Gasteiger partial charge in [0.1, 0.15) is 11.9 Å². The van der Waals surface area contributed by atoms with E-state index in [2.05, 4.69) is 14.8 Å². The number of thioether (sulfide) groups is 1. The molecule has 1 aliphatic heterocycles. The van der Waals surface area contributed by atoms with Gasteiger partial charge in [-0.15, -0.1) is 10.2 Å². The second kappa shape index (κ2) is 7.34. The van der Waals surface area contributed by atoms with Gasteiger partial charge >= 0.3 is 5.97 Å². The van der Waals surface area contributed by atoms with Crippen LogP contribution < -0.4 is 0 Å². The number of carbonyl (C=O) groups excluding carboxylic acids is 2. The van der Waals surface area contributed by atoms with Crippen molar-refractivity contribution in [1.29, 1.82) is 0 Å². The van der Waals surface area contributed by atoms with E-state index < -0.39 is 6.04 Å². The molecule has 1 amide bonds. The Bertz CT molecular complexity index is 878. The maximum Gasteiger partial charge on any atom is 0.328 e. The maximum atomic E-state index is 13.0. The van der Waals surface area contributed by atoms with Crippen LogP contribution in [0, 0.1) is 6.92 Å². The van der Waals surface area contributed by atoms with Crippen molar-refractivity contribution < 1.29 is 14.3 Å². The fourth-order valence-electron chi connectivity index (χ4n) is 3.54. The number of methoxy groups -OCH3 is 1. The number of aromatic nitrogens is 3. The van der Waals surface area contributed by atoms with Crippen molar-refractivity contribution in [2.24, 2.45) is 0 Å². The van der Waals surface area contributed by atoms with E-state index in [4.69, 9.17) is 4.74 Å². The number of hydrogen-bond donors (Lipinski definition) is 0. The Morgan fingerprint density at radius 1 is 1.22 bits per heavy atom. The Kier molecular flexibility index (Phi) is 4.90. The van der Waals surface area contributed by atoms with Crippen molar-refractivity contribution in [3.8, 4) is 0 Å². The first-order valence-electron chi connectivity index (χ1n) is 9.07. The van der Waals surface area contributed by atoms with E-state index in [0.717, 1.165) is 34.9 Å². The third-order valence-corrected chi connectivity index (χ3v) is 6.04. The summed E-state index contributed by atoms with van der Waals surface area (Å²) in [7, 11) is 1.36. The first kappa shape index (κ1) is 18.0. The molecule has 0 N–H and O–H groups in total. The number of fused-ring (bicyclic) bond motifs is 1. The first-order chi connectivity index (χ1) is 13.1. The Balaban J connectivity index is 1.50. The summed E-state index contributed by atoms with van der Waals surface area (Å²) in [4.78, 5) is 26.9. The molecule has 0 radical (unpaired) electrons. The second-order valence-corrected chi connectivity index (χ2v) is 7.90. The summed E-state index contributed by atoms with van der Waals surface area (Å²) in [6.45, 7) is 2.36. The molecule has 1 atom stereocenters. The highest BCUT2D eigenvalue weighted by Gasteiger charge is 2.35. The van der Waals surface area contributed by atoms with Crippen molar-refractivity contribution in [2.45, 2.75) is 50.0 Å². The van der Waals surface area contributed by atoms with Gasteiger partial charge in [0, 0.05) is 19.0 Å². The van der Waals surface area contributed by atoms with Crippen molar-refractivity contribution in [2.75, 3.05) is 12.9 Å². The number of aryl methyl sites for hydroxylation is 1. The molecule has 2 aromatic rings. The topological polar surface area (TPSA) is 77.3 Å². The van der Waals surface area contributed by atoms with Gasteiger partial charge in [-0.05, 0) is 30.9 Å². The lowest BCUT2D eigenvalue weighted by molar-refractivity contribution is -0.153. The van der Waals surface area contributed by atoms with Gasteiger partial charge < -0.3 is 14.2 Å². The van der Waals surface area contributed by atoms with E-state index in [9.17, 15) is 9.59 Å². The molecule has 0 unspecified atom stereocenters. The summed E-state index contributed by atoms with van der Waals surface area (Å²) in [5.74, 6) is 0.639. The number of hydrogen-bond acceptors (Lipinski definition) is 6. The molecular formula is C19H22N4O3S. The standard InChI is InChI=1S/C19H22N4O3S/c1-12-20-21-19(23(12)15-7-8-15)27-11-17(24)22-10-14-6-4-3-5-13(14)9-16(22)18(25)26-2/h3-6,15-16H,7-11H2,1-2H3/t16-/m0/s1. The third-order valence-electron chi connectivity index (χ3n) is 5.11. The van der Waals surface area contributed by atoms with E-state index in [0.29, 0.717) is 19.0 Å². The lowest BCUT2D eigenvalue weighted by Crippen LogP contribution is -2.49. The number of carbonyl (C=O) groups is 2. The fourth-order valence-corrected chi connectivity index (χ4v) is 4.48. The largest absolute Gasteiger partial charge is 0.467 e. The first-order valence-corrected chi connectivity index (χ1v) is 10.1. The zero-order chi connectivity index (χ0) is 19.0. The monoisotopic (exact) mass is 386 g/mol. The average molecular weight is 386 g/mol. The van der Waals surface area contributed by atoms with Crippen molar-refractivity contribution >= 4 is 23.6 Å². The number of rotatable bonds is 5. The normalized spacial score (nSPS) is 18.9. The number of amides is 1. The van der Waals surface area contributed by atoms with Crippen LogP contribution in [-0.2, 0) is 27.3 Å². The molecule has 1 aliphatic carbocycles. The van der Waals surface area contributed by atoms with Crippen LogP contribution in [0.15, 0.2) is 29.4 Å². The number of esters is 1. The molecule has 8 heteroatoms. The van der Waals surface area contributed by atoms with Gasteiger partial charge in [-0.1, -0.05) is 36.0 Å². The molecule has 1 fully saturated rings.